The number of halogens is 1. The van der Waals surface area contributed by atoms with Crippen LogP contribution in [0.4, 0.5) is 0 Å². The normalized spacial score (nSPS) is 14.4. The molecule has 1 heterocycles. The Bertz CT molecular complexity index is 959. The highest BCUT2D eigenvalue weighted by Gasteiger charge is 2.27. The predicted octanol–water partition coefficient (Wildman–Crippen LogP) is 2.74. The molecule has 0 bridgehead atoms. The number of amides is 2. The summed E-state index contributed by atoms with van der Waals surface area (Å²) < 4.78 is 10.8. The Labute approximate surface area is 179 Å². The lowest BCUT2D eigenvalue weighted by Gasteiger charge is -2.14. The summed E-state index contributed by atoms with van der Waals surface area (Å²) in [6.07, 6.45) is 0.620. The van der Waals surface area contributed by atoms with Gasteiger partial charge in [-0.05, 0) is 29.8 Å². The number of nitrogens with one attached hydrogen (secondary N) is 2. The fraction of sp³-hybridized carbons (Fsp3) is 0.318. The summed E-state index contributed by atoms with van der Waals surface area (Å²) in [5.74, 6) is 0.00695. The Balaban J connectivity index is 1.67. The molecule has 1 atom stereocenters. The number of carbonyl (C=O) groups is 3. The van der Waals surface area contributed by atoms with Crippen LogP contribution in [-0.2, 0) is 20.7 Å². The molecule has 7 nitrogen and oxygen atoms in total. The van der Waals surface area contributed by atoms with E-state index in [2.05, 4.69) is 10.6 Å². The summed E-state index contributed by atoms with van der Waals surface area (Å²) in [6.45, 7) is 2.06. The molecule has 0 saturated heterocycles. The molecule has 0 fully saturated rings. The van der Waals surface area contributed by atoms with E-state index in [1.807, 2.05) is 24.3 Å². The van der Waals surface area contributed by atoms with Crippen molar-refractivity contribution in [2.24, 2.45) is 0 Å². The van der Waals surface area contributed by atoms with Gasteiger partial charge in [0.15, 0.2) is 0 Å². The van der Waals surface area contributed by atoms with Crippen molar-refractivity contribution >= 4 is 29.4 Å². The van der Waals surface area contributed by atoms with E-state index in [1.165, 1.54) is 14.0 Å². The summed E-state index contributed by atoms with van der Waals surface area (Å²) >= 11 is 6.31. The zero-order valence-electron chi connectivity index (χ0n) is 16.8. The van der Waals surface area contributed by atoms with Gasteiger partial charge in [-0.3, -0.25) is 9.59 Å². The maximum absolute atomic E-state index is 11.9. The van der Waals surface area contributed by atoms with Crippen LogP contribution < -0.4 is 15.4 Å². The average molecular weight is 431 g/mol. The molecule has 0 aromatic heterocycles. The Hall–Kier alpha value is -3.06. The molecule has 2 amide bonds. The van der Waals surface area contributed by atoms with Crippen LogP contribution >= 0.6 is 11.6 Å². The average Bonchev–Trinajstić information content (AvgIpc) is 3.13. The van der Waals surface area contributed by atoms with E-state index in [0.29, 0.717) is 30.1 Å². The standard InChI is InChI=1S/C22H23ClN2O5/c1-13(26)24-8-7-20(27)25-12-18-10-16-9-17(23)11-19(21(16)30-18)14-3-5-15(6-4-14)22(28)29-2/h3-6,9,11,18H,7-8,10,12H2,1-2H3,(H,24,26)(H,25,27)/t18-/m1/s1. The maximum atomic E-state index is 11.9. The number of carbonyl (C=O) groups excluding carboxylic acids is 3. The number of benzene rings is 2. The summed E-state index contributed by atoms with van der Waals surface area (Å²) in [6, 6.07) is 10.7. The number of hydrogen-bond donors (Lipinski definition) is 2. The topological polar surface area (TPSA) is 93.7 Å². The van der Waals surface area contributed by atoms with Crippen LogP contribution in [-0.4, -0.2) is 44.1 Å². The quantitative estimate of drug-likeness (QED) is 0.659. The zero-order valence-corrected chi connectivity index (χ0v) is 17.5. The summed E-state index contributed by atoms with van der Waals surface area (Å²) in [7, 11) is 1.34. The molecule has 8 heteroatoms. The minimum absolute atomic E-state index is 0.153. The summed E-state index contributed by atoms with van der Waals surface area (Å²) in [5.41, 5.74) is 3.11. The smallest absolute Gasteiger partial charge is 0.337 e. The van der Waals surface area contributed by atoms with E-state index >= 15 is 0 Å². The molecule has 2 aromatic rings. The molecule has 158 valence electrons. The third-order valence-electron chi connectivity index (χ3n) is 4.73. The van der Waals surface area contributed by atoms with Gasteiger partial charge in [0.2, 0.25) is 11.8 Å². The molecule has 1 aliphatic rings. The van der Waals surface area contributed by atoms with Gasteiger partial charge in [-0.1, -0.05) is 23.7 Å². The van der Waals surface area contributed by atoms with Crippen molar-refractivity contribution in [3.63, 3.8) is 0 Å². The molecular weight excluding hydrogens is 408 g/mol. The van der Waals surface area contributed by atoms with Crippen molar-refractivity contribution < 1.29 is 23.9 Å². The van der Waals surface area contributed by atoms with Gasteiger partial charge >= 0.3 is 5.97 Å². The van der Waals surface area contributed by atoms with Crippen LogP contribution in [0.15, 0.2) is 36.4 Å². The number of hydrogen-bond acceptors (Lipinski definition) is 5. The van der Waals surface area contributed by atoms with Gasteiger partial charge in [-0.25, -0.2) is 4.79 Å². The van der Waals surface area contributed by atoms with E-state index in [9.17, 15) is 14.4 Å². The van der Waals surface area contributed by atoms with Crippen molar-refractivity contribution in [1.82, 2.24) is 10.6 Å². The summed E-state index contributed by atoms with van der Waals surface area (Å²) in [4.78, 5) is 34.4. The lowest BCUT2D eigenvalue weighted by atomic mass is 9.99. The molecule has 2 aromatic carbocycles. The van der Waals surface area contributed by atoms with E-state index in [-0.39, 0.29) is 24.3 Å². The molecule has 0 spiro atoms. The van der Waals surface area contributed by atoms with Gasteiger partial charge in [-0.15, -0.1) is 0 Å². The van der Waals surface area contributed by atoms with Crippen molar-refractivity contribution in [2.75, 3.05) is 20.2 Å². The molecule has 3 rings (SSSR count). The summed E-state index contributed by atoms with van der Waals surface area (Å²) in [5, 5.41) is 6.01. The fourth-order valence-corrected chi connectivity index (χ4v) is 3.54. The van der Waals surface area contributed by atoms with Crippen molar-refractivity contribution in [2.45, 2.75) is 25.9 Å². The second-order valence-corrected chi connectivity index (χ2v) is 7.43. The Morgan fingerprint density at radius 2 is 1.90 bits per heavy atom. The SMILES string of the molecule is COC(=O)c1ccc(-c2cc(Cl)cc3c2O[C@@H](CNC(=O)CCNC(C)=O)C3)cc1. The third-order valence-corrected chi connectivity index (χ3v) is 4.95. The zero-order chi connectivity index (χ0) is 21.7. The highest BCUT2D eigenvalue weighted by Crippen LogP contribution is 2.41. The van der Waals surface area contributed by atoms with Gasteiger partial charge in [-0.2, -0.15) is 0 Å². The molecule has 0 unspecified atom stereocenters. The van der Waals surface area contributed by atoms with Crippen LogP contribution in [0.3, 0.4) is 0 Å². The molecule has 0 aliphatic carbocycles. The highest BCUT2D eigenvalue weighted by atomic mass is 35.5. The monoisotopic (exact) mass is 430 g/mol. The van der Waals surface area contributed by atoms with Crippen molar-refractivity contribution in [1.29, 1.82) is 0 Å². The second-order valence-electron chi connectivity index (χ2n) is 6.99. The first-order valence-corrected chi connectivity index (χ1v) is 9.94. The Morgan fingerprint density at radius 3 is 2.57 bits per heavy atom. The lowest BCUT2D eigenvalue weighted by molar-refractivity contribution is -0.121. The molecule has 1 aliphatic heterocycles. The van der Waals surface area contributed by atoms with Gasteiger partial charge in [0, 0.05) is 42.5 Å². The van der Waals surface area contributed by atoms with Crippen LogP contribution in [0.2, 0.25) is 5.02 Å². The van der Waals surface area contributed by atoms with Gasteiger partial charge in [0.1, 0.15) is 11.9 Å². The highest BCUT2D eigenvalue weighted by molar-refractivity contribution is 6.31. The fourth-order valence-electron chi connectivity index (χ4n) is 3.29. The first-order valence-electron chi connectivity index (χ1n) is 9.56. The van der Waals surface area contributed by atoms with Crippen molar-refractivity contribution in [3.05, 3.63) is 52.5 Å². The predicted molar refractivity (Wildman–Crippen MR) is 113 cm³/mol. The van der Waals surface area contributed by atoms with Gasteiger partial charge in [0.05, 0.1) is 19.2 Å². The van der Waals surface area contributed by atoms with Crippen LogP contribution in [0.25, 0.3) is 11.1 Å². The molecule has 30 heavy (non-hydrogen) atoms. The van der Waals surface area contributed by atoms with Crippen LogP contribution in [0.5, 0.6) is 5.75 Å². The van der Waals surface area contributed by atoms with Crippen LogP contribution in [0, 0.1) is 0 Å². The number of fused-ring (bicyclic) bond motifs is 1. The first kappa shape index (κ1) is 21.6. The van der Waals surface area contributed by atoms with Gasteiger partial charge in [0.25, 0.3) is 0 Å². The number of ether oxygens (including phenoxy) is 2. The molecule has 2 N–H and O–H groups in total. The molecule has 0 radical (unpaired) electrons. The van der Waals surface area contributed by atoms with Crippen molar-refractivity contribution in [3.8, 4) is 16.9 Å². The second kappa shape index (κ2) is 9.63. The number of esters is 1. The van der Waals surface area contributed by atoms with E-state index in [1.54, 1.807) is 12.1 Å². The minimum atomic E-state index is -0.400. The van der Waals surface area contributed by atoms with Gasteiger partial charge < -0.3 is 20.1 Å². The van der Waals surface area contributed by atoms with E-state index in [4.69, 9.17) is 21.1 Å². The molecular formula is C22H23ClN2O5. The Kier molecular flexibility index (Phi) is 6.95. The third kappa shape index (κ3) is 5.30. The molecule has 0 saturated carbocycles. The van der Waals surface area contributed by atoms with Crippen LogP contribution in [0.1, 0.15) is 29.3 Å². The lowest BCUT2D eigenvalue weighted by Crippen LogP contribution is -2.36. The first-order chi connectivity index (χ1) is 14.4. The van der Waals surface area contributed by atoms with E-state index in [0.717, 1.165) is 22.4 Å². The number of methoxy groups -OCH3 is 1. The largest absolute Gasteiger partial charge is 0.487 e. The minimum Gasteiger partial charge on any atom is -0.487 e. The number of rotatable bonds is 7. The maximum Gasteiger partial charge on any atom is 0.337 e. The Morgan fingerprint density at radius 1 is 1.17 bits per heavy atom. The van der Waals surface area contributed by atoms with E-state index < -0.39 is 5.97 Å².